The van der Waals surface area contributed by atoms with Crippen molar-refractivity contribution in [1.29, 1.82) is 5.26 Å². The van der Waals surface area contributed by atoms with E-state index in [9.17, 15) is 0 Å². The van der Waals surface area contributed by atoms with Crippen LogP contribution in [-0.2, 0) is 0 Å². The molecule has 19 heavy (non-hydrogen) atoms. The molecule has 0 bridgehead atoms. The minimum atomic E-state index is 0.665. The van der Waals surface area contributed by atoms with Gasteiger partial charge in [-0.2, -0.15) is 5.26 Å². The molecular formula is C16H24N2O. The minimum absolute atomic E-state index is 0.665. The summed E-state index contributed by atoms with van der Waals surface area (Å²) in [6.07, 6.45) is 4.91. The Hall–Kier alpha value is -1.69. The second-order valence-corrected chi connectivity index (χ2v) is 4.82. The molecule has 0 aliphatic heterocycles. The van der Waals surface area contributed by atoms with Gasteiger partial charge in [0.25, 0.3) is 0 Å². The van der Waals surface area contributed by atoms with Gasteiger partial charge in [0.05, 0.1) is 18.4 Å². The number of unbranched alkanes of at least 4 members (excludes halogenated alkanes) is 1. The minimum Gasteiger partial charge on any atom is -0.497 e. The van der Waals surface area contributed by atoms with Gasteiger partial charge in [-0.3, -0.25) is 0 Å². The molecule has 1 unspecified atom stereocenters. The molecule has 0 spiro atoms. The maximum Gasteiger partial charge on any atom is 0.121 e. The molecular weight excluding hydrogens is 236 g/mol. The number of hydrogen-bond donors (Lipinski definition) is 1. The lowest BCUT2D eigenvalue weighted by molar-refractivity contribution is 0.415. The fraction of sp³-hybridized carbons (Fsp3) is 0.562. The van der Waals surface area contributed by atoms with Crippen LogP contribution in [0.15, 0.2) is 18.2 Å². The van der Waals surface area contributed by atoms with Gasteiger partial charge in [0.1, 0.15) is 11.8 Å². The number of ether oxygens (including phenoxy) is 1. The van der Waals surface area contributed by atoms with Crippen LogP contribution in [-0.4, -0.2) is 13.7 Å². The molecule has 0 aliphatic rings. The maximum absolute atomic E-state index is 9.12. The standard InChI is InChI=1S/C16H24N2O/c1-4-6-7-13(5-2)12-18-16-10-15(19-3)9-8-14(16)11-17/h8-10,13,18H,4-7,12H2,1-3H3. The SMILES string of the molecule is CCCCC(CC)CNc1cc(OC)ccc1C#N. The summed E-state index contributed by atoms with van der Waals surface area (Å²) in [5.74, 6) is 1.45. The summed E-state index contributed by atoms with van der Waals surface area (Å²) < 4.78 is 5.20. The number of rotatable bonds is 8. The number of nitriles is 1. The van der Waals surface area contributed by atoms with Crippen molar-refractivity contribution < 1.29 is 4.74 Å². The Bertz CT molecular complexity index is 423. The Morgan fingerprint density at radius 3 is 2.74 bits per heavy atom. The molecule has 0 radical (unpaired) electrons. The number of anilines is 1. The molecule has 1 N–H and O–H groups in total. The van der Waals surface area contributed by atoms with Crippen molar-refractivity contribution in [3.05, 3.63) is 23.8 Å². The first-order valence-electron chi connectivity index (χ1n) is 7.07. The normalized spacial score (nSPS) is 11.7. The monoisotopic (exact) mass is 260 g/mol. The molecule has 0 aromatic heterocycles. The van der Waals surface area contributed by atoms with E-state index in [0.717, 1.165) is 18.0 Å². The lowest BCUT2D eigenvalue weighted by Gasteiger charge is -2.17. The first-order valence-corrected chi connectivity index (χ1v) is 7.07. The molecule has 0 fully saturated rings. The predicted octanol–water partition coefficient (Wildman–Crippen LogP) is 4.20. The quantitative estimate of drug-likeness (QED) is 0.762. The maximum atomic E-state index is 9.12. The number of hydrogen-bond acceptors (Lipinski definition) is 3. The molecule has 0 saturated carbocycles. The van der Waals surface area contributed by atoms with E-state index in [0.29, 0.717) is 11.5 Å². The lowest BCUT2D eigenvalue weighted by atomic mass is 9.99. The third-order valence-corrected chi connectivity index (χ3v) is 3.47. The topological polar surface area (TPSA) is 45.0 Å². The zero-order valence-electron chi connectivity index (χ0n) is 12.2. The summed E-state index contributed by atoms with van der Waals surface area (Å²) in [5.41, 5.74) is 1.54. The van der Waals surface area contributed by atoms with Crippen LogP contribution in [0.4, 0.5) is 5.69 Å². The van der Waals surface area contributed by atoms with Gasteiger partial charge < -0.3 is 10.1 Å². The van der Waals surface area contributed by atoms with Crippen LogP contribution in [0.25, 0.3) is 0 Å². The van der Waals surface area contributed by atoms with Gasteiger partial charge in [0.2, 0.25) is 0 Å². The summed E-state index contributed by atoms with van der Waals surface area (Å²) >= 11 is 0. The van der Waals surface area contributed by atoms with Crippen molar-refractivity contribution in [3.8, 4) is 11.8 Å². The van der Waals surface area contributed by atoms with E-state index in [4.69, 9.17) is 10.00 Å². The first-order chi connectivity index (χ1) is 9.24. The molecule has 0 amide bonds. The van der Waals surface area contributed by atoms with Crippen molar-refractivity contribution in [2.24, 2.45) is 5.92 Å². The molecule has 1 rings (SSSR count). The first kappa shape index (κ1) is 15.4. The van der Waals surface area contributed by atoms with Gasteiger partial charge in [-0.15, -0.1) is 0 Å². The molecule has 1 aromatic rings. The summed E-state index contributed by atoms with van der Waals surface area (Å²) in [5, 5.41) is 12.5. The van der Waals surface area contributed by atoms with Gasteiger partial charge >= 0.3 is 0 Å². The second-order valence-electron chi connectivity index (χ2n) is 4.82. The van der Waals surface area contributed by atoms with E-state index >= 15 is 0 Å². The van der Waals surface area contributed by atoms with E-state index in [1.165, 1.54) is 25.7 Å². The van der Waals surface area contributed by atoms with Crippen LogP contribution in [0.3, 0.4) is 0 Å². The largest absolute Gasteiger partial charge is 0.497 e. The predicted molar refractivity (Wildman–Crippen MR) is 79.5 cm³/mol. The van der Waals surface area contributed by atoms with Crippen molar-refractivity contribution in [3.63, 3.8) is 0 Å². The molecule has 0 aliphatic carbocycles. The van der Waals surface area contributed by atoms with Crippen LogP contribution in [0.5, 0.6) is 5.75 Å². The Kier molecular flexibility index (Phi) is 6.81. The summed E-state index contributed by atoms with van der Waals surface area (Å²) in [6, 6.07) is 7.73. The van der Waals surface area contributed by atoms with Crippen molar-refractivity contribution in [2.45, 2.75) is 39.5 Å². The summed E-state index contributed by atoms with van der Waals surface area (Å²) in [4.78, 5) is 0. The van der Waals surface area contributed by atoms with Crippen LogP contribution in [0, 0.1) is 17.2 Å². The number of nitrogens with one attached hydrogen (secondary N) is 1. The number of nitrogens with zero attached hydrogens (tertiary/aromatic N) is 1. The van der Waals surface area contributed by atoms with Gasteiger partial charge in [0.15, 0.2) is 0 Å². The fourth-order valence-electron chi connectivity index (χ4n) is 2.09. The molecule has 3 nitrogen and oxygen atoms in total. The molecule has 1 aromatic carbocycles. The van der Waals surface area contributed by atoms with Gasteiger partial charge in [-0.25, -0.2) is 0 Å². The lowest BCUT2D eigenvalue weighted by Crippen LogP contribution is -2.14. The fourth-order valence-corrected chi connectivity index (χ4v) is 2.09. The average molecular weight is 260 g/mol. The van der Waals surface area contributed by atoms with E-state index in [-0.39, 0.29) is 0 Å². The van der Waals surface area contributed by atoms with Crippen LogP contribution in [0.1, 0.15) is 45.1 Å². The highest BCUT2D eigenvalue weighted by molar-refractivity contribution is 5.60. The van der Waals surface area contributed by atoms with Crippen molar-refractivity contribution >= 4 is 5.69 Å². The summed E-state index contributed by atoms with van der Waals surface area (Å²) in [6.45, 7) is 5.35. The third-order valence-electron chi connectivity index (χ3n) is 3.47. The highest BCUT2D eigenvalue weighted by atomic mass is 16.5. The average Bonchev–Trinajstić information content (AvgIpc) is 2.47. The van der Waals surface area contributed by atoms with Crippen molar-refractivity contribution in [1.82, 2.24) is 0 Å². The summed E-state index contributed by atoms with van der Waals surface area (Å²) in [7, 11) is 1.64. The van der Waals surface area contributed by atoms with Gasteiger partial charge in [-0.1, -0.05) is 33.1 Å². The van der Waals surface area contributed by atoms with Gasteiger partial charge in [-0.05, 0) is 24.5 Å². The molecule has 0 saturated heterocycles. The van der Waals surface area contributed by atoms with Crippen LogP contribution in [0.2, 0.25) is 0 Å². The van der Waals surface area contributed by atoms with E-state index in [2.05, 4.69) is 25.2 Å². The zero-order chi connectivity index (χ0) is 14.1. The Labute approximate surface area is 116 Å². The molecule has 104 valence electrons. The second kappa shape index (κ2) is 8.42. The number of benzene rings is 1. The third kappa shape index (κ3) is 4.82. The Balaban J connectivity index is 2.67. The molecule has 1 atom stereocenters. The van der Waals surface area contributed by atoms with E-state index < -0.39 is 0 Å². The smallest absolute Gasteiger partial charge is 0.121 e. The van der Waals surface area contributed by atoms with Crippen LogP contribution < -0.4 is 10.1 Å². The zero-order valence-corrected chi connectivity index (χ0v) is 12.2. The highest BCUT2D eigenvalue weighted by Crippen LogP contribution is 2.23. The Morgan fingerprint density at radius 1 is 1.37 bits per heavy atom. The van der Waals surface area contributed by atoms with Crippen LogP contribution >= 0.6 is 0 Å². The van der Waals surface area contributed by atoms with Gasteiger partial charge in [0, 0.05) is 12.6 Å². The molecule has 0 heterocycles. The van der Waals surface area contributed by atoms with E-state index in [1.807, 2.05) is 12.1 Å². The van der Waals surface area contributed by atoms with E-state index in [1.54, 1.807) is 13.2 Å². The molecule has 3 heteroatoms. The highest BCUT2D eigenvalue weighted by Gasteiger charge is 2.08. The Morgan fingerprint density at radius 2 is 2.16 bits per heavy atom. The van der Waals surface area contributed by atoms with Crippen molar-refractivity contribution in [2.75, 3.05) is 19.0 Å². The number of methoxy groups -OCH3 is 1.